The Bertz CT molecular complexity index is 635. The SMILES string of the molecule is O=C(c1cc(F)cc(F)c1)N1C[C@H]2C[C@@H](C1)[C@H](CO)N1CCCC[C@@H]21. The van der Waals surface area contributed by atoms with Crippen molar-refractivity contribution in [3.63, 3.8) is 0 Å². The summed E-state index contributed by atoms with van der Waals surface area (Å²) in [5.74, 6) is -1.17. The Kier molecular flexibility index (Phi) is 4.50. The number of fused-ring (bicyclic) bond motifs is 4. The number of likely N-dealkylation sites (tertiary alicyclic amines) is 1. The molecule has 0 aliphatic carbocycles. The first-order chi connectivity index (χ1) is 12.1. The van der Waals surface area contributed by atoms with Gasteiger partial charge in [0.05, 0.1) is 6.61 Å². The summed E-state index contributed by atoms with van der Waals surface area (Å²) in [4.78, 5) is 17.0. The Hall–Kier alpha value is -1.53. The maximum absolute atomic E-state index is 13.5. The van der Waals surface area contributed by atoms with Crippen molar-refractivity contribution in [1.82, 2.24) is 9.80 Å². The van der Waals surface area contributed by atoms with Gasteiger partial charge in [-0.15, -0.1) is 0 Å². The van der Waals surface area contributed by atoms with Crippen molar-refractivity contribution in [2.45, 2.75) is 37.8 Å². The molecule has 1 N–H and O–H groups in total. The summed E-state index contributed by atoms with van der Waals surface area (Å²) in [5.41, 5.74) is 0.0681. The average molecular weight is 350 g/mol. The van der Waals surface area contributed by atoms with Crippen LogP contribution in [0.2, 0.25) is 0 Å². The number of carbonyl (C=O) groups excluding carboxylic acids is 1. The number of nitrogens with zero attached hydrogens (tertiary/aromatic N) is 2. The lowest BCUT2D eigenvalue weighted by Gasteiger charge is -2.56. The highest BCUT2D eigenvalue weighted by Gasteiger charge is 2.47. The number of rotatable bonds is 2. The second-order valence-corrected chi connectivity index (χ2v) is 7.67. The van der Waals surface area contributed by atoms with Crippen molar-refractivity contribution in [2.75, 3.05) is 26.2 Å². The molecule has 25 heavy (non-hydrogen) atoms. The molecule has 0 radical (unpaired) electrons. The molecule has 1 amide bonds. The zero-order chi connectivity index (χ0) is 17.6. The molecular formula is C19H24F2N2O2. The lowest BCUT2D eigenvalue weighted by Crippen LogP contribution is -2.65. The van der Waals surface area contributed by atoms with Crippen molar-refractivity contribution >= 4 is 5.91 Å². The summed E-state index contributed by atoms with van der Waals surface area (Å²) in [6.45, 7) is 2.30. The third-order valence-corrected chi connectivity index (χ3v) is 6.21. The van der Waals surface area contributed by atoms with Crippen LogP contribution in [0, 0.1) is 23.5 Å². The number of aliphatic hydroxyl groups is 1. The smallest absolute Gasteiger partial charge is 0.254 e. The fraction of sp³-hybridized carbons (Fsp3) is 0.632. The Morgan fingerprint density at radius 2 is 1.84 bits per heavy atom. The van der Waals surface area contributed by atoms with Crippen LogP contribution in [0.25, 0.3) is 0 Å². The quantitative estimate of drug-likeness (QED) is 0.890. The maximum atomic E-state index is 13.5. The normalized spacial score (nSPS) is 32.4. The minimum atomic E-state index is -0.729. The van der Waals surface area contributed by atoms with E-state index in [2.05, 4.69) is 4.90 Å². The van der Waals surface area contributed by atoms with Gasteiger partial charge >= 0.3 is 0 Å². The highest BCUT2D eigenvalue weighted by molar-refractivity contribution is 5.94. The zero-order valence-electron chi connectivity index (χ0n) is 14.2. The van der Waals surface area contributed by atoms with Gasteiger partial charge in [0.1, 0.15) is 11.6 Å². The minimum absolute atomic E-state index is 0.0681. The number of carbonyl (C=O) groups is 1. The van der Waals surface area contributed by atoms with Gasteiger partial charge in [-0.2, -0.15) is 0 Å². The van der Waals surface area contributed by atoms with E-state index in [-0.39, 0.29) is 30.0 Å². The molecule has 0 saturated carbocycles. The summed E-state index contributed by atoms with van der Waals surface area (Å²) in [6.07, 6.45) is 4.47. The number of halogens is 2. The molecular weight excluding hydrogens is 326 g/mol. The van der Waals surface area contributed by atoms with E-state index in [1.54, 1.807) is 4.90 Å². The van der Waals surface area contributed by atoms with Gasteiger partial charge < -0.3 is 10.0 Å². The van der Waals surface area contributed by atoms with Gasteiger partial charge in [0.2, 0.25) is 0 Å². The monoisotopic (exact) mass is 350 g/mol. The predicted octanol–water partition coefficient (Wildman–Crippen LogP) is 2.27. The van der Waals surface area contributed by atoms with Crippen molar-refractivity contribution in [2.24, 2.45) is 11.8 Å². The van der Waals surface area contributed by atoms with E-state index >= 15 is 0 Å². The van der Waals surface area contributed by atoms with Gasteiger partial charge in [-0.05, 0) is 49.8 Å². The zero-order valence-corrected chi connectivity index (χ0v) is 14.2. The van der Waals surface area contributed by atoms with E-state index in [0.717, 1.165) is 44.0 Å². The molecule has 1 aromatic rings. The molecule has 3 aliphatic heterocycles. The van der Waals surface area contributed by atoms with Gasteiger partial charge in [0.25, 0.3) is 5.91 Å². The van der Waals surface area contributed by atoms with Gasteiger partial charge in [0.15, 0.2) is 0 Å². The Labute approximate surface area is 146 Å². The Balaban J connectivity index is 1.58. The van der Waals surface area contributed by atoms with Crippen LogP contribution in [0.15, 0.2) is 18.2 Å². The molecule has 4 nitrogen and oxygen atoms in total. The predicted molar refractivity (Wildman–Crippen MR) is 89.1 cm³/mol. The van der Waals surface area contributed by atoms with Gasteiger partial charge in [0, 0.05) is 36.8 Å². The molecule has 1 aromatic carbocycles. The topological polar surface area (TPSA) is 43.8 Å². The second kappa shape index (κ2) is 6.65. The number of piperidine rings is 3. The lowest BCUT2D eigenvalue weighted by atomic mass is 9.72. The first kappa shape index (κ1) is 16.9. The van der Waals surface area contributed by atoms with E-state index in [1.165, 1.54) is 6.42 Å². The highest BCUT2D eigenvalue weighted by Crippen LogP contribution is 2.41. The van der Waals surface area contributed by atoms with Gasteiger partial charge in [-0.3, -0.25) is 9.69 Å². The van der Waals surface area contributed by atoms with Crippen LogP contribution in [0.3, 0.4) is 0 Å². The minimum Gasteiger partial charge on any atom is -0.395 e. The van der Waals surface area contributed by atoms with Crippen molar-refractivity contribution in [3.8, 4) is 0 Å². The molecule has 3 saturated heterocycles. The number of aliphatic hydroxyl groups excluding tert-OH is 1. The molecule has 2 bridgehead atoms. The van der Waals surface area contributed by atoms with Crippen LogP contribution < -0.4 is 0 Å². The number of amides is 1. The Morgan fingerprint density at radius 1 is 1.12 bits per heavy atom. The van der Waals surface area contributed by atoms with E-state index in [4.69, 9.17) is 0 Å². The third kappa shape index (κ3) is 3.06. The van der Waals surface area contributed by atoms with Crippen LogP contribution in [-0.2, 0) is 0 Å². The third-order valence-electron chi connectivity index (χ3n) is 6.21. The lowest BCUT2D eigenvalue weighted by molar-refractivity contribution is -0.0795. The maximum Gasteiger partial charge on any atom is 0.254 e. The van der Waals surface area contributed by atoms with E-state index in [0.29, 0.717) is 25.0 Å². The van der Waals surface area contributed by atoms with E-state index in [9.17, 15) is 18.7 Å². The fourth-order valence-electron chi connectivity index (χ4n) is 5.18. The number of hydrogen-bond acceptors (Lipinski definition) is 3. The molecule has 3 aliphatic rings. The van der Waals surface area contributed by atoms with Crippen molar-refractivity contribution < 1.29 is 18.7 Å². The summed E-state index contributed by atoms with van der Waals surface area (Å²) < 4.78 is 26.9. The van der Waals surface area contributed by atoms with E-state index in [1.807, 2.05) is 0 Å². The van der Waals surface area contributed by atoms with Crippen LogP contribution in [0.1, 0.15) is 36.0 Å². The summed E-state index contributed by atoms with van der Waals surface area (Å²) in [5, 5.41) is 9.91. The molecule has 0 aromatic heterocycles. The number of benzene rings is 1. The molecule has 4 atom stereocenters. The van der Waals surface area contributed by atoms with Gasteiger partial charge in [-0.25, -0.2) is 8.78 Å². The summed E-state index contributed by atoms with van der Waals surface area (Å²) in [6, 6.07) is 3.48. The average Bonchev–Trinajstić information content (AvgIpc) is 2.60. The first-order valence-corrected chi connectivity index (χ1v) is 9.19. The summed E-state index contributed by atoms with van der Waals surface area (Å²) in [7, 11) is 0. The molecule has 6 heteroatoms. The molecule has 4 rings (SSSR count). The largest absolute Gasteiger partial charge is 0.395 e. The Morgan fingerprint density at radius 3 is 2.56 bits per heavy atom. The van der Waals surface area contributed by atoms with Crippen LogP contribution in [0.4, 0.5) is 8.78 Å². The molecule has 0 spiro atoms. The summed E-state index contributed by atoms with van der Waals surface area (Å²) >= 11 is 0. The molecule has 3 heterocycles. The molecule has 136 valence electrons. The molecule has 3 fully saturated rings. The van der Waals surface area contributed by atoms with Gasteiger partial charge in [-0.1, -0.05) is 6.42 Å². The number of hydrogen-bond donors (Lipinski definition) is 1. The van der Waals surface area contributed by atoms with Crippen molar-refractivity contribution in [1.29, 1.82) is 0 Å². The van der Waals surface area contributed by atoms with E-state index < -0.39 is 11.6 Å². The second-order valence-electron chi connectivity index (χ2n) is 7.67. The fourth-order valence-corrected chi connectivity index (χ4v) is 5.18. The highest BCUT2D eigenvalue weighted by atomic mass is 19.1. The van der Waals surface area contributed by atoms with Crippen LogP contribution in [-0.4, -0.2) is 59.1 Å². The molecule has 0 unspecified atom stereocenters. The van der Waals surface area contributed by atoms with Crippen molar-refractivity contribution in [3.05, 3.63) is 35.4 Å². The van der Waals surface area contributed by atoms with Crippen LogP contribution >= 0.6 is 0 Å². The first-order valence-electron chi connectivity index (χ1n) is 9.19. The van der Waals surface area contributed by atoms with Crippen LogP contribution in [0.5, 0.6) is 0 Å². The standard InChI is InChI=1S/C19H24F2N2O2/c20-15-6-12(7-16(21)8-15)19(25)22-9-13-5-14(10-22)18(11-24)23-4-2-1-3-17(13)23/h6-8,13-14,17-18,24H,1-5,9-11H2/t13-,14+,17+,18+/m1/s1.